The predicted octanol–water partition coefficient (Wildman–Crippen LogP) is 13.5. The predicted molar refractivity (Wildman–Crippen MR) is 271 cm³/mol. The minimum absolute atomic E-state index is 0.0202. The van der Waals surface area contributed by atoms with E-state index in [1.807, 2.05) is 12.3 Å². The molecule has 0 bridgehead atoms. The monoisotopic (exact) mass is 828 g/mol. The molecule has 312 valence electrons. The van der Waals surface area contributed by atoms with Gasteiger partial charge in [0.1, 0.15) is 0 Å². The smallest absolute Gasteiger partial charge is 0.252 e. The summed E-state index contributed by atoms with van der Waals surface area (Å²) in [4.78, 5) is 12.7. The van der Waals surface area contributed by atoms with Crippen molar-refractivity contribution in [3.05, 3.63) is 193 Å². The second-order valence-corrected chi connectivity index (χ2v) is 19.9. The van der Waals surface area contributed by atoms with Gasteiger partial charge >= 0.3 is 0 Å². The van der Waals surface area contributed by atoms with Crippen molar-refractivity contribution in [1.29, 1.82) is 0 Å². The van der Waals surface area contributed by atoms with Crippen LogP contribution in [0.1, 0.15) is 71.4 Å². The molecule has 12 rings (SSSR count). The van der Waals surface area contributed by atoms with Crippen molar-refractivity contribution in [3.8, 4) is 22.4 Å². The van der Waals surface area contributed by atoms with Gasteiger partial charge < -0.3 is 14.7 Å². The van der Waals surface area contributed by atoms with Crippen molar-refractivity contribution < 1.29 is 0 Å². The van der Waals surface area contributed by atoms with Crippen LogP contribution in [0.2, 0.25) is 0 Å². The molecule has 0 saturated heterocycles. The maximum Gasteiger partial charge on any atom is 0.252 e. The fourth-order valence-electron chi connectivity index (χ4n) is 12.0. The molecule has 0 amide bonds. The molecule has 3 aliphatic heterocycles. The molecule has 5 heteroatoms. The van der Waals surface area contributed by atoms with E-state index in [9.17, 15) is 0 Å². The Kier molecular flexibility index (Phi) is 8.69. The van der Waals surface area contributed by atoms with Gasteiger partial charge in [-0.25, -0.2) is 0 Å². The molecule has 2 unspecified atom stereocenters. The number of fused-ring (bicyclic) bond motifs is 7. The molecule has 0 radical (unpaired) electrons. The molecular weight excluding hydrogens is 775 g/mol. The Hall–Kier alpha value is -6.85. The van der Waals surface area contributed by atoms with Gasteiger partial charge in [0.2, 0.25) is 0 Å². The van der Waals surface area contributed by atoms with E-state index in [1.54, 1.807) is 0 Å². The van der Waals surface area contributed by atoms with E-state index in [4.69, 9.17) is 4.98 Å². The maximum absolute atomic E-state index is 4.81. The number of pyridine rings is 1. The third-order valence-electron chi connectivity index (χ3n) is 15.4. The van der Waals surface area contributed by atoms with Crippen molar-refractivity contribution in [3.63, 3.8) is 0 Å². The summed E-state index contributed by atoms with van der Waals surface area (Å²) in [7, 11) is 0. The van der Waals surface area contributed by atoms with Crippen LogP contribution < -0.4 is 31.1 Å². The Bertz CT molecular complexity index is 3100. The molecule has 1 aromatic heterocycles. The summed E-state index contributed by atoms with van der Waals surface area (Å²) in [6, 6.07) is 66.1. The highest BCUT2D eigenvalue weighted by atomic mass is 15.3. The van der Waals surface area contributed by atoms with Crippen LogP contribution >= 0.6 is 0 Å². The Morgan fingerprint density at radius 2 is 1.14 bits per heavy atom. The number of nitrogens with zero attached hydrogens (tertiary/aromatic N) is 4. The number of para-hydroxylation sites is 3. The number of benzene rings is 7. The molecular formula is C59H53BN4. The van der Waals surface area contributed by atoms with Crippen LogP contribution in [0, 0.1) is 0 Å². The van der Waals surface area contributed by atoms with Gasteiger partial charge in [0.05, 0.1) is 16.9 Å². The maximum atomic E-state index is 4.81. The van der Waals surface area contributed by atoms with E-state index >= 15 is 0 Å². The van der Waals surface area contributed by atoms with Crippen LogP contribution in [0.3, 0.4) is 0 Å². The summed E-state index contributed by atoms with van der Waals surface area (Å²) in [5, 5.41) is 0. The molecule has 1 aliphatic carbocycles. The zero-order valence-corrected chi connectivity index (χ0v) is 37.5. The normalized spacial score (nSPS) is 19.4. The minimum Gasteiger partial charge on any atom is -0.334 e. The van der Waals surface area contributed by atoms with Crippen molar-refractivity contribution >= 4 is 68.6 Å². The van der Waals surface area contributed by atoms with Crippen LogP contribution in [-0.4, -0.2) is 17.2 Å². The number of hydrogen-bond acceptors (Lipinski definition) is 4. The van der Waals surface area contributed by atoms with E-state index < -0.39 is 0 Å². The Labute approximate surface area is 379 Å². The van der Waals surface area contributed by atoms with Crippen LogP contribution in [0.4, 0.5) is 45.5 Å². The first kappa shape index (κ1) is 38.8. The molecule has 2 atom stereocenters. The number of hydrogen-bond donors (Lipinski definition) is 0. The van der Waals surface area contributed by atoms with Gasteiger partial charge in [-0.15, -0.1) is 0 Å². The minimum atomic E-state index is -0.165. The lowest BCUT2D eigenvalue weighted by molar-refractivity contribution is 0.195. The van der Waals surface area contributed by atoms with Crippen molar-refractivity contribution in [2.24, 2.45) is 0 Å². The van der Waals surface area contributed by atoms with Gasteiger partial charge in [-0.2, -0.15) is 0 Å². The second kappa shape index (κ2) is 14.3. The van der Waals surface area contributed by atoms with Crippen molar-refractivity contribution in [2.75, 3.05) is 14.7 Å². The molecule has 64 heavy (non-hydrogen) atoms. The number of aromatic nitrogens is 1. The third kappa shape index (κ3) is 5.65. The van der Waals surface area contributed by atoms with E-state index in [-0.39, 0.29) is 23.1 Å². The zero-order chi connectivity index (χ0) is 43.4. The van der Waals surface area contributed by atoms with Gasteiger partial charge in [-0.05, 0) is 131 Å². The summed E-state index contributed by atoms with van der Waals surface area (Å²) in [6.07, 6.45) is 6.58. The second-order valence-electron chi connectivity index (χ2n) is 19.9. The first-order valence-electron chi connectivity index (χ1n) is 23.2. The van der Waals surface area contributed by atoms with Crippen LogP contribution in [0.15, 0.2) is 182 Å². The zero-order valence-electron chi connectivity index (χ0n) is 37.5. The largest absolute Gasteiger partial charge is 0.334 e. The molecule has 4 heterocycles. The molecule has 1 fully saturated rings. The van der Waals surface area contributed by atoms with E-state index in [0.29, 0.717) is 0 Å². The lowest BCUT2D eigenvalue weighted by atomic mass is 9.33. The SMILES string of the molecule is CC(C)(C)c1ccc(N2c3ccccc3B3c4ccccc4N(c4ccccc4)c4cc(N5c6ccc(-c7ccccn7)cc6C6(C)CCCCC56C)cc2c43)c(-c2ccccc2)c1. The highest BCUT2D eigenvalue weighted by Crippen LogP contribution is 2.62. The van der Waals surface area contributed by atoms with E-state index in [1.165, 1.54) is 96.9 Å². The lowest BCUT2D eigenvalue weighted by Gasteiger charge is -2.51. The van der Waals surface area contributed by atoms with Crippen molar-refractivity contribution in [1.82, 2.24) is 4.98 Å². The third-order valence-corrected chi connectivity index (χ3v) is 15.4. The highest BCUT2D eigenvalue weighted by Gasteiger charge is 2.58. The Morgan fingerprint density at radius 3 is 1.84 bits per heavy atom. The van der Waals surface area contributed by atoms with Crippen molar-refractivity contribution in [2.45, 2.75) is 76.7 Å². The standard InChI is InChI=1S/C59H53BN4/c1-57(2,3)42-30-32-50(45(37-42)40-20-8-6-9-21-40)63-53-28-15-13-25-48(53)60-47-24-12-14-27-52(47)62(43-22-10-7-11-23-43)54-38-44(39-55(63)56(54)60)64-51-31-29-41(49-26-16-19-35-61-49)36-46(51)58(4)33-17-18-34-59(58,64)5/h6-16,19-32,35-39H,17-18,33-34H2,1-5H3. The average molecular weight is 829 g/mol. The molecule has 7 aromatic carbocycles. The van der Waals surface area contributed by atoms with Gasteiger partial charge in [0.15, 0.2) is 0 Å². The fourth-order valence-corrected chi connectivity index (χ4v) is 12.0. The van der Waals surface area contributed by atoms with Gasteiger partial charge in [0, 0.05) is 62.6 Å². The lowest BCUT2D eigenvalue weighted by Crippen LogP contribution is -2.61. The van der Waals surface area contributed by atoms with Gasteiger partial charge in [-0.3, -0.25) is 4.98 Å². The first-order chi connectivity index (χ1) is 31.1. The summed E-state index contributed by atoms with van der Waals surface area (Å²) >= 11 is 0. The first-order valence-corrected chi connectivity index (χ1v) is 23.2. The quantitative estimate of drug-likeness (QED) is 0.161. The van der Waals surface area contributed by atoms with Gasteiger partial charge in [0.25, 0.3) is 6.71 Å². The highest BCUT2D eigenvalue weighted by molar-refractivity contribution is 7.00. The summed E-state index contributed by atoms with van der Waals surface area (Å²) < 4.78 is 0. The Balaban J connectivity index is 1.18. The van der Waals surface area contributed by atoms with Crippen LogP contribution in [0.25, 0.3) is 22.4 Å². The summed E-state index contributed by atoms with van der Waals surface area (Å²) in [6.45, 7) is 12.1. The summed E-state index contributed by atoms with van der Waals surface area (Å²) in [5.74, 6) is 0. The molecule has 0 N–H and O–H groups in total. The molecule has 4 aliphatic rings. The summed E-state index contributed by atoms with van der Waals surface area (Å²) in [5.41, 5.74) is 20.9. The Morgan fingerprint density at radius 1 is 0.516 bits per heavy atom. The molecule has 4 nitrogen and oxygen atoms in total. The van der Waals surface area contributed by atoms with Crippen LogP contribution in [-0.2, 0) is 10.8 Å². The number of anilines is 8. The van der Waals surface area contributed by atoms with Crippen LogP contribution in [0.5, 0.6) is 0 Å². The van der Waals surface area contributed by atoms with E-state index in [0.717, 1.165) is 24.2 Å². The van der Waals surface area contributed by atoms with Gasteiger partial charge in [-0.1, -0.05) is 144 Å². The fraction of sp³-hybridized carbons (Fsp3) is 0.203. The average Bonchev–Trinajstić information content (AvgIpc) is 3.54. The topological polar surface area (TPSA) is 22.6 Å². The molecule has 1 saturated carbocycles. The van der Waals surface area contributed by atoms with E-state index in [2.05, 4.69) is 219 Å². The molecule has 0 spiro atoms. The molecule has 8 aromatic rings. The number of rotatable bonds is 5.